The molecule has 1 saturated heterocycles. The van der Waals surface area contributed by atoms with Crippen LogP contribution in [-0.2, 0) is 16.6 Å². The van der Waals surface area contributed by atoms with Gasteiger partial charge in [0.2, 0.25) is 10.0 Å². The van der Waals surface area contributed by atoms with Crippen molar-refractivity contribution in [3.8, 4) is 0 Å². The molecule has 9 heteroatoms. The third-order valence-corrected chi connectivity index (χ3v) is 8.55. The molecule has 1 fully saturated rings. The minimum Gasteiger partial charge on any atom is -0.337 e. The fourth-order valence-electron chi connectivity index (χ4n) is 3.77. The monoisotopic (exact) mass is 433 g/mol. The molecule has 156 valence electrons. The first-order chi connectivity index (χ1) is 13.9. The van der Waals surface area contributed by atoms with E-state index in [-0.39, 0.29) is 5.75 Å². The van der Waals surface area contributed by atoms with Crippen LogP contribution < -0.4 is 5.32 Å². The molecule has 0 atom stereocenters. The summed E-state index contributed by atoms with van der Waals surface area (Å²) in [6, 6.07) is 6.54. The molecule has 0 bridgehead atoms. The lowest BCUT2D eigenvalue weighted by molar-refractivity contribution is 0.175. The lowest BCUT2D eigenvalue weighted by atomic mass is 9.94. The van der Waals surface area contributed by atoms with Gasteiger partial charge >= 0.3 is 0 Å². The minimum atomic E-state index is -3.09. The second kappa shape index (κ2) is 8.59. The normalized spacial score (nSPS) is 17.6. The van der Waals surface area contributed by atoms with E-state index in [2.05, 4.69) is 38.4 Å². The average molecular weight is 434 g/mol. The van der Waals surface area contributed by atoms with Crippen molar-refractivity contribution in [1.29, 1.82) is 0 Å². The summed E-state index contributed by atoms with van der Waals surface area (Å²) in [5, 5.41) is 4.30. The molecule has 0 spiro atoms. The van der Waals surface area contributed by atoms with Crippen molar-refractivity contribution in [3.05, 3.63) is 36.2 Å². The van der Waals surface area contributed by atoms with Gasteiger partial charge in [0.15, 0.2) is 5.82 Å². The molecule has 1 aromatic heterocycles. The highest BCUT2D eigenvalue weighted by atomic mass is 32.2. The number of anilines is 2. The summed E-state index contributed by atoms with van der Waals surface area (Å²) >= 11 is 1.64. The number of fused-ring (bicyclic) bond motifs is 2. The lowest BCUT2D eigenvalue weighted by Gasteiger charge is -2.32. The van der Waals surface area contributed by atoms with Crippen molar-refractivity contribution < 1.29 is 8.42 Å². The first-order valence-corrected chi connectivity index (χ1v) is 12.3. The molecule has 1 aromatic carbocycles. The van der Waals surface area contributed by atoms with E-state index >= 15 is 0 Å². The highest BCUT2D eigenvalue weighted by molar-refractivity contribution is 7.99. The molecule has 0 aliphatic carbocycles. The van der Waals surface area contributed by atoms with E-state index in [1.54, 1.807) is 38.3 Å². The van der Waals surface area contributed by atoms with E-state index in [0.717, 1.165) is 55.4 Å². The van der Waals surface area contributed by atoms with Gasteiger partial charge in [0.05, 0.1) is 11.4 Å². The Balaban J connectivity index is 1.30. The van der Waals surface area contributed by atoms with E-state index in [1.807, 2.05) is 0 Å². The molecule has 2 aliphatic rings. The van der Waals surface area contributed by atoms with E-state index in [0.29, 0.717) is 5.92 Å². The van der Waals surface area contributed by atoms with Gasteiger partial charge in [0.1, 0.15) is 5.03 Å². The van der Waals surface area contributed by atoms with Gasteiger partial charge in [-0.15, -0.1) is 0 Å². The Kier molecular flexibility index (Phi) is 6.10. The van der Waals surface area contributed by atoms with Crippen molar-refractivity contribution in [1.82, 2.24) is 19.2 Å². The summed E-state index contributed by atoms with van der Waals surface area (Å²) in [5.41, 5.74) is 2.36. The third-order valence-electron chi connectivity index (χ3n) is 5.62. The maximum atomic E-state index is 12.0. The zero-order valence-electron chi connectivity index (χ0n) is 16.8. The van der Waals surface area contributed by atoms with Gasteiger partial charge in [-0.3, -0.25) is 4.90 Å². The fraction of sp³-hybridized carbons (Fsp3) is 0.500. The Morgan fingerprint density at radius 3 is 2.72 bits per heavy atom. The van der Waals surface area contributed by atoms with Crippen molar-refractivity contribution in [2.75, 3.05) is 38.3 Å². The summed E-state index contributed by atoms with van der Waals surface area (Å²) in [5.74, 6) is 1.57. The number of nitrogens with zero attached hydrogens (tertiary/aromatic N) is 4. The van der Waals surface area contributed by atoms with E-state index in [1.165, 1.54) is 14.8 Å². The number of likely N-dealkylation sites (tertiary alicyclic amines) is 1. The molecule has 7 nitrogen and oxygen atoms in total. The predicted octanol–water partition coefficient (Wildman–Crippen LogP) is 3.18. The first kappa shape index (κ1) is 20.6. The Hall–Kier alpha value is -1.68. The van der Waals surface area contributed by atoms with E-state index < -0.39 is 10.0 Å². The van der Waals surface area contributed by atoms with Crippen LogP contribution in [0.4, 0.5) is 11.5 Å². The smallest absolute Gasteiger partial charge is 0.213 e. The highest BCUT2D eigenvalue weighted by Gasteiger charge is 2.23. The minimum absolute atomic E-state index is 0.253. The predicted molar refractivity (Wildman–Crippen MR) is 116 cm³/mol. The first-order valence-electron chi connectivity index (χ1n) is 9.92. The Bertz CT molecular complexity index is 973. The Morgan fingerprint density at radius 2 is 1.97 bits per heavy atom. The van der Waals surface area contributed by atoms with Crippen LogP contribution in [0.2, 0.25) is 0 Å². The van der Waals surface area contributed by atoms with Crippen LogP contribution in [0.3, 0.4) is 0 Å². The van der Waals surface area contributed by atoms with Gasteiger partial charge < -0.3 is 5.32 Å². The average Bonchev–Trinajstić information content (AvgIpc) is 2.71. The summed E-state index contributed by atoms with van der Waals surface area (Å²) < 4.78 is 25.3. The van der Waals surface area contributed by atoms with Crippen LogP contribution in [0.5, 0.6) is 0 Å². The molecule has 1 N–H and O–H groups in total. The van der Waals surface area contributed by atoms with E-state index in [9.17, 15) is 8.42 Å². The molecule has 0 amide bonds. The van der Waals surface area contributed by atoms with Gasteiger partial charge in [-0.05, 0) is 56.0 Å². The molecule has 0 radical (unpaired) electrons. The summed E-state index contributed by atoms with van der Waals surface area (Å²) in [6.45, 7) is 2.94. The SMILES string of the molecule is CN(C)S(=O)(=O)CCC1CCN(Cc2ccc3c(c2)Nc2nccnc2S3)CC1. The van der Waals surface area contributed by atoms with Crippen LogP contribution in [0.25, 0.3) is 0 Å². The number of hydrogen-bond acceptors (Lipinski definition) is 7. The maximum absolute atomic E-state index is 12.0. The number of hydrogen-bond donors (Lipinski definition) is 1. The fourth-order valence-corrected chi connectivity index (χ4v) is 5.64. The van der Waals surface area contributed by atoms with Gasteiger partial charge in [-0.1, -0.05) is 17.8 Å². The third kappa shape index (κ3) is 4.91. The quantitative estimate of drug-likeness (QED) is 0.640. The van der Waals surface area contributed by atoms with Crippen molar-refractivity contribution in [3.63, 3.8) is 0 Å². The van der Waals surface area contributed by atoms with Crippen molar-refractivity contribution in [2.24, 2.45) is 5.92 Å². The standard InChI is InChI=1S/C20H27N5O2S2/c1-24(2)29(26,27)12-7-15-5-10-25(11-6-15)14-16-3-4-18-17(13-16)23-19-20(28-18)22-9-8-21-19/h3-4,8-9,13,15H,5-7,10-12,14H2,1-2H3,(H,21,23). The lowest BCUT2D eigenvalue weighted by Crippen LogP contribution is -2.34. The zero-order valence-corrected chi connectivity index (χ0v) is 18.5. The number of nitrogens with one attached hydrogen (secondary N) is 1. The summed E-state index contributed by atoms with van der Waals surface area (Å²) in [4.78, 5) is 12.4. The number of piperidine rings is 1. The van der Waals surface area contributed by atoms with Crippen LogP contribution >= 0.6 is 11.8 Å². The maximum Gasteiger partial charge on any atom is 0.213 e. The molecule has 2 aromatic rings. The van der Waals surface area contributed by atoms with Gasteiger partial charge in [-0.2, -0.15) is 0 Å². The topological polar surface area (TPSA) is 78.4 Å². The van der Waals surface area contributed by atoms with Crippen LogP contribution in [0.1, 0.15) is 24.8 Å². The van der Waals surface area contributed by atoms with Crippen molar-refractivity contribution in [2.45, 2.75) is 35.7 Å². The van der Waals surface area contributed by atoms with Gasteiger partial charge in [0, 0.05) is 37.9 Å². The van der Waals surface area contributed by atoms with Crippen molar-refractivity contribution >= 4 is 33.3 Å². The molecule has 3 heterocycles. The second-order valence-electron chi connectivity index (χ2n) is 7.87. The van der Waals surface area contributed by atoms with Crippen LogP contribution in [0, 0.1) is 5.92 Å². The molecule has 0 saturated carbocycles. The van der Waals surface area contributed by atoms with Gasteiger partial charge in [-0.25, -0.2) is 22.7 Å². The largest absolute Gasteiger partial charge is 0.337 e. The molecular formula is C20H27N5O2S2. The second-order valence-corrected chi connectivity index (χ2v) is 11.2. The van der Waals surface area contributed by atoms with Crippen LogP contribution in [0.15, 0.2) is 40.5 Å². The number of sulfonamides is 1. The molecular weight excluding hydrogens is 406 g/mol. The molecule has 4 rings (SSSR count). The summed E-state index contributed by atoms with van der Waals surface area (Å²) in [6.07, 6.45) is 6.30. The Labute approximate surface area is 177 Å². The van der Waals surface area contributed by atoms with Crippen LogP contribution in [-0.4, -0.2) is 60.5 Å². The van der Waals surface area contributed by atoms with Gasteiger partial charge in [0.25, 0.3) is 0 Å². The molecule has 0 unspecified atom stereocenters. The highest BCUT2D eigenvalue weighted by Crippen LogP contribution is 2.42. The Morgan fingerprint density at radius 1 is 1.21 bits per heavy atom. The number of rotatable bonds is 6. The van der Waals surface area contributed by atoms with E-state index in [4.69, 9.17) is 0 Å². The zero-order chi connectivity index (χ0) is 20.4. The molecule has 2 aliphatic heterocycles. The number of aromatic nitrogens is 2. The molecule has 29 heavy (non-hydrogen) atoms. The summed E-state index contributed by atoms with van der Waals surface area (Å²) in [7, 11) is 0.124. The number of benzene rings is 1.